The summed E-state index contributed by atoms with van der Waals surface area (Å²) >= 11 is 0. The summed E-state index contributed by atoms with van der Waals surface area (Å²) in [5, 5.41) is 0. The van der Waals surface area contributed by atoms with Gasteiger partial charge in [0.25, 0.3) is 0 Å². The highest BCUT2D eigenvalue weighted by Gasteiger charge is 2.19. The van der Waals surface area contributed by atoms with E-state index in [9.17, 15) is 0 Å². The molecule has 0 N–H and O–H groups in total. The van der Waals surface area contributed by atoms with Crippen LogP contribution in [0.15, 0.2) is 30.3 Å². The lowest BCUT2D eigenvalue weighted by Gasteiger charge is -2.12. The van der Waals surface area contributed by atoms with E-state index in [0.717, 1.165) is 0 Å². The second kappa shape index (κ2) is 5.36. The molecule has 0 aromatic heterocycles. The molecule has 0 saturated heterocycles. The fourth-order valence-corrected chi connectivity index (χ4v) is 2.90. The van der Waals surface area contributed by atoms with E-state index in [4.69, 9.17) is 0 Å². The maximum absolute atomic E-state index is 2.40. The van der Waals surface area contributed by atoms with Crippen molar-refractivity contribution in [3.63, 3.8) is 0 Å². The Kier molecular flexibility index (Phi) is 3.99. The fraction of sp³-hybridized carbons (Fsp3) is 0.474. The molecule has 0 heterocycles. The Balaban J connectivity index is 2.69. The first-order valence-electron chi connectivity index (χ1n) is 7.48. The van der Waals surface area contributed by atoms with Gasteiger partial charge in [-0.15, -0.1) is 0 Å². The molecule has 0 unspecified atom stereocenters. The molecular formula is C19H26. The number of fused-ring (bicyclic) bond motifs is 1. The third kappa shape index (κ3) is 2.68. The number of hydrogen-bond acceptors (Lipinski definition) is 0. The maximum atomic E-state index is 2.40. The fourth-order valence-electron chi connectivity index (χ4n) is 2.90. The van der Waals surface area contributed by atoms with Crippen LogP contribution in [0.4, 0.5) is 0 Å². The predicted molar refractivity (Wildman–Crippen MR) is 85.3 cm³/mol. The van der Waals surface area contributed by atoms with Crippen LogP contribution in [0.25, 0.3) is 11.1 Å². The van der Waals surface area contributed by atoms with Crippen molar-refractivity contribution in [2.24, 2.45) is 0 Å². The van der Waals surface area contributed by atoms with Crippen LogP contribution >= 0.6 is 0 Å². The third-order valence-electron chi connectivity index (χ3n) is 3.96. The van der Waals surface area contributed by atoms with Crippen molar-refractivity contribution in [3.05, 3.63) is 47.0 Å². The van der Waals surface area contributed by atoms with E-state index in [1.54, 1.807) is 0 Å². The van der Waals surface area contributed by atoms with Gasteiger partial charge in [-0.3, -0.25) is 0 Å². The molecule has 0 amide bonds. The topological polar surface area (TPSA) is 0 Å². The minimum atomic E-state index is 0.579. The van der Waals surface area contributed by atoms with E-state index in [-0.39, 0.29) is 0 Å². The Bertz CT molecular complexity index is 532. The molecule has 0 aromatic carbocycles. The Morgan fingerprint density at radius 2 is 1.42 bits per heavy atom. The van der Waals surface area contributed by atoms with Crippen LogP contribution < -0.4 is 0 Å². The van der Waals surface area contributed by atoms with Crippen LogP contribution in [0, 0.1) is 0 Å². The first-order chi connectivity index (χ1) is 8.91. The first-order valence-corrected chi connectivity index (χ1v) is 7.48. The van der Waals surface area contributed by atoms with Crippen LogP contribution in [0.2, 0.25) is 0 Å². The van der Waals surface area contributed by atoms with Crippen molar-refractivity contribution in [3.8, 4) is 11.1 Å². The summed E-state index contributed by atoms with van der Waals surface area (Å²) in [5.74, 6) is 1.76. The Labute approximate surface area is 118 Å². The second-order valence-corrected chi connectivity index (χ2v) is 6.52. The molecule has 0 saturated carbocycles. The van der Waals surface area contributed by atoms with E-state index in [1.165, 1.54) is 27.8 Å². The summed E-state index contributed by atoms with van der Waals surface area (Å²) in [6, 6.07) is 11.5. The molecule has 2 aliphatic carbocycles. The van der Waals surface area contributed by atoms with E-state index in [0.29, 0.717) is 17.8 Å². The van der Waals surface area contributed by atoms with Crippen molar-refractivity contribution in [2.75, 3.05) is 0 Å². The Hall–Kier alpha value is -1.30. The molecule has 0 heteroatoms. The zero-order valence-corrected chi connectivity index (χ0v) is 13.1. The van der Waals surface area contributed by atoms with E-state index < -0.39 is 0 Å². The molecule has 0 atom stereocenters. The van der Waals surface area contributed by atoms with Crippen LogP contribution in [0.3, 0.4) is 0 Å². The van der Waals surface area contributed by atoms with Crippen molar-refractivity contribution in [2.45, 2.75) is 59.3 Å². The van der Waals surface area contributed by atoms with E-state index >= 15 is 0 Å². The molecule has 19 heavy (non-hydrogen) atoms. The van der Waals surface area contributed by atoms with Gasteiger partial charge < -0.3 is 0 Å². The SMILES string of the molecule is CC(C)c1cccc2c(C(C)C)c(C(C)C)cc-2c1. The molecule has 2 rings (SSSR count). The zero-order valence-electron chi connectivity index (χ0n) is 13.1. The predicted octanol–water partition coefficient (Wildman–Crippen LogP) is 6.16. The summed E-state index contributed by atoms with van der Waals surface area (Å²) in [7, 11) is 0. The highest BCUT2D eigenvalue weighted by molar-refractivity contribution is 5.75. The largest absolute Gasteiger partial charge is 0.0614 e. The molecule has 102 valence electrons. The lowest BCUT2D eigenvalue weighted by Crippen LogP contribution is -1.94. The normalized spacial score (nSPS) is 12.1. The van der Waals surface area contributed by atoms with Gasteiger partial charge >= 0.3 is 0 Å². The first kappa shape index (κ1) is 14.1. The molecule has 2 aliphatic rings. The second-order valence-electron chi connectivity index (χ2n) is 6.52. The Morgan fingerprint density at radius 3 is 1.95 bits per heavy atom. The highest BCUT2D eigenvalue weighted by Crippen LogP contribution is 2.40. The minimum Gasteiger partial charge on any atom is -0.0614 e. The lowest BCUT2D eigenvalue weighted by atomic mass is 9.93. The average molecular weight is 254 g/mol. The lowest BCUT2D eigenvalue weighted by molar-refractivity contribution is 0.800. The average Bonchev–Trinajstić information content (AvgIpc) is 2.54. The van der Waals surface area contributed by atoms with Crippen LogP contribution in [0.5, 0.6) is 0 Å². The van der Waals surface area contributed by atoms with Crippen LogP contribution in [0.1, 0.15) is 76.0 Å². The van der Waals surface area contributed by atoms with Gasteiger partial charge in [-0.05, 0) is 45.6 Å². The maximum Gasteiger partial charge on any atom is -0.0146 e. The van der Waals surface area contributed by atoms with Crippen molar-refractivity contribution >= 4 is 0 Å². The Morgan fingerprint density at radius 1 is 0.737 bits per heavy atom. The molecule has 0 radical (unpaired) electrons. The monoisotopic (exact) mass is 254 g/mol. The van der Waals surface area contributed by atoms with Gasteiger partial charge in [-0.2, -0.15) is 0 Å². The standard InChI is InChI=1S/C19H26/c1-12(2)15-8-7-9-17-16(10-15)11-18(13(3)4)19(17)14(5)6/h7-14H,1-6H3. The molecule has 0 nitrogen and oxygen atoms in total. The van der Waals surface area contributed by atoms with Gasteiger partial charge in [0.05, 0.1) is 0 Å². The number of hydrogen-bond donors (Lipinski definition) is 0. The minimum absolute atomic E-state index is 0.579. The molecule has 0 aromatic rings. The van der Waals surface area contributed by atoms with Gasteiger partial charge in [0.2, 0.25) is 0 Å². The summed E-state index contributed by atoms with van der Waals surface area (Å²) < 4.78 is 0. The zero-order chi connectivity index (χ0) is 14.2. The third-order valence-corrected chi connectivity index (χ3v) is 3.96. The van der Waals surface area contributed by atoms with Crippen molar-refractivity contribution in [1.29, 1.82) is 0 Å². The van der Waals surface area contributed by atoms with Crippen LogP contribution in [-0.4, -0.2) is 0 Å². The van der Waals surface area contributed by atoms with E-state index in [2.05, 4.69) is 71.9 Å². The summed E-state index contributed by atoms with van der Waals surface area (Å²) in [6.07, 6.45) is 0. The molecular weight excluding hydrogens is 228 g/mol. The van der Waals surface area contributed by atoms with Gasteiger partial charge in [0, 0.05) is 0 Å². The molecule has 0 spiro atoms. The summed E-state index contributed by atoms with van der Waals surface area (Å²) in [4.78, 5) is 0. The smallest absolute Gasteiger partial charge is 0.0146 e. The summed E-state index contributed by atoms with van der Waals surface area (Å²) in [6.45, 7) is 13.7. The van der Waals surface area contributed by atoms with Crippen LogP contribution in [-0.2, 0) is 0 Å². The van der Waals surface area contributed by atoms with E-state index in [1.807, 2.05) is 0 Å². The van der Waals surface area contributed by atoms with Crippen molar-refractivity contribution < 1.29 is 0 Å². The quantitative estimate of drug-likeness (QED) is 0.615. The molecule has 0 fully saturated rings. The van der Waals surface area contributed by atoms with Gasteiger partial charge in [0.15, 0.2) is 0 Å². The van der Waals surface area contributed by atoms with Gasteiger partial charge in [0.1, 0.15) is 0 Å². The summed E-state index contributed by atoms with van der Waals surface area (Å²) in [5.41, 5.74) is 7.32. The van der Waals surface area contributed by atoms with Crippen molar-refractivity contribution in [1.82, 2.24) is 0 Å². The molecule has 0 aliphatic heterocycles. The number of rotatable bonds is 3. The molecule has 0 bridgehead atoms. The van der Waals surface area contributed by atoms with Gasteiger partial charge in [-0.25, -0.2) is 0 Å². The highest BCUT2D eigenvalue weighted by atomic mass is 14.2. The van der Waals surface area contributed by atoms with Gasteiger partial charge in [-0.1, -0.05) is 71.9 Å².